The molecule has 4 unspecified atom stereocenters. The molecular weight excluding hydrogens is 764 g/mol. The number of methoxy groups -OCH3 is 2. The van der Waals surface area contributed by atoms with Crippen molar-refractivity contribution < 1.29 is 47.9 Å². The van der Waals surface area contributed by atoms with Crippen LogP contribution in [0.1, 0.15) is 96.9 Å². The maximum absolute atomic E-state index is 13.0. The van der Waals surface area contributed by atoms with Gasteiger partial charge in [0, 0.05) is 38.3 Å². The van der Waals surface area contributed by atoms with Gasteiger partial charge < -0.3 is 38.3 Å². The van der Waals surface area contributed by atoms with E-state index >= 15 is 0 Å². The van der Waals surface area contributed by atoms with E-state index in [1.807, 2.05) is 67.5 Å². The van der Waals surface area contributed by atoms with Crippen molar-refractivity contribution in [3.8, 4) is 0 Å². The van der Waals surface area contributed by atoms with Gasteiger partial charge >= 0.3 is 17.2 Å². The highest BCUT2D eigenvalue weighted by Crippen LogP contribution is 2.50. The minimum absolute atomic E-state index is 0.0251. The summed E-state index contributed by atoms with van der Waals surface area (Å²) in [4.78, 5) is 25.5. The molecular formula is C42H53ClO10S2. The smallest absolute Gasteiger partial charge is 0.357 e. The van der Waals surface area contributed by atoms with Crippen LogP contribution < -0.4 is 0 Å². The largest absolute Gasteiger partial charge is 0.507 e. The second kappa shape index (κ2) is 18.6. The van der Waals surface area contributed by atoms with Gasteiger partial charge in [-0.15, -0.1) is 0 Å². The Hall–Kier alpha value is -3.55. The zero-order valence-electron chi connectivity index (χ0n) is 33.4. The molecule has 1 N–H and O–H groups in total. The molecule has 2 aliphatic heterocycles. The number of rotatable bonds is 7. The number of ether oxygens (including phenoxy) is 7. The molecule has 0 amide bonds. The average Bonchev–Trinajstić information content (AvgIpc) is 3.83. The van der Waals surface area contributed by atoms with Crippen LogP contribution in [0.2, 0.25) is 0 Å². The van der Waals surface area contributed by atoms with Gasteiger partial charge in [0.05, 0.1) is 26.4 Å². The molecule has 2 aliphatic carbocycles. The predicted octanol–water partition coefficient (Wildman–Crippen LogP) is 9.08. The van der Waals surface area contributed by atoms with Gasteiger partial charge in [0.15, 0.2) is 22.7 Å². The van der Waals surface area contributed by atoms with Gasteiger partial charge in [0.1, 0.15) is 11.1 Å². The number of hydrogen-bond acceptors (Lipinski definition) is 12. The number of carbonyl (C=O) groups excluding carboxylic acids is 2. The van der Waals surface area contributed by atoms with Crippen LogP contribution in [-0.2, 0) is 42.7 Å². The van der Waals surface area contributed by atoms with E-state index in [2.05, 4.69) is 29.1 Å². The number of aryl methyl sites for hydroxylation is 6. The Balaban J connectivity index is 0.000000220. The molecule has 2 aromatic rings. The predicted molar refractivity (Wildman–Crippen MR) is 220 cm³/mol. The van der Waals surface area contributed by atoms with Crippen LogP contribution in [0.3, 0.4) is 0 Å². The lowest BCUT2D eigenvalue weighted by Crippen LogP contribution is -2.32. The van der Waals surface area contributed by atoms with Crippen LogP contribution in [0.4, 0.5) is 0 Å². The monoisotopic (exact) mass is 816 g/mol. The molecule has 4 atom stereocenters. The van der Waals surface area contributed by atoms with Crippen LogP contribution in [-0.4, -0.2) is 77.6 Å². The number of thiocarbonyl (C=S) groups is 2. The quantitative estimate of drug-likeness (QED) is 0.163. The van der Waals surface area contributed by atoms with Crippen molar-refractivity contribution in [3.63, 3.8) is 0 Å². The van der Waals surface area contributed by atoms with Gasteiger partial charge in [-0.2, -0.15) is 0 Å². The first-order chi connectivity index (χ1) is 26.0. The van der Waals surface area contributed by atoms with Crippen molar-refractivity contribution in [2.45, 2.75) is 117 Å². The lowest BCUT2D eigenvalue weighted by Gasteiger charge is -2.25. The van der Waals surface area contributed by atoms with E-state index in [1.165, 1.54) is 14.2 Å². The number of aliphatic hydroxyl groups excluding tert-OH is 1. The standard InChI is InChI=1S/C21H26O5S.C19H24O4.C2H3ClOS/c1-6-24-15-7-8-21(11-15)18(25-20(27)23-5)17(19(22)26-21)16-13(3)9-12(2)10-14(16)4;1-5-22-14-6-7-19(10-14)17(20)16(18(21)23-19)15-12(3)8-11(2)9-13(15)4;1-4-2(3)5/h9-10,15H,6-8,11H2,1-5H3;8-9,14,20H,5-7,10H2,1-4H3;1H3. The molecule has 2 heterocycles. The molecule has 4 aliphatic rings. The number of carbonyl (C=O) groups is 2. The van der Waals surface area contributed by atoms with Crippen molar-refractivity contribution in [1.29, 1.82) is 0 Å². The average molecular weight is 817 g/mol. The normalized spacial score (nSPS) is 24.0. The third-order valence-corrected chi connectivity index (χ3v) is 10.9. The van der Waals surface area contributed by atoms with Gasteiger partial charge in [-0.3, -0.25) is 0 Å². The Morgan fingerprint density at radius 2 is 1.15 bits per heavy atom. The summed E-state index contributed by atoms with van der Waals surface area (Å²) in [5, 5.41) is 10.8. The molecule has 0 aromatic heterocycles. The summed E-state index contributed by atoms with van der Waals surface area (Å²) in [7, 11) is 2.88. The number of esters is 2. The Morgan fingerprint density at radius 3 is 1.58 bits per heavy atom. The van der Waals surface area contributed by atoms with E-state index in [4.69, 9.17) is 52.2 Å². The Kier molecular flexibility index (Phi) is 14.9. The van der Waals surface area contributed by atoms with E-state index in [0.717, 1.165) is 57.3 Å². The van der Waals surface area contributed by atoms with E-state index < -0.39 is 17.2 Å². The van der Waals surface area contributed by atoms with E-state index in [0.29, 0.717) is 55.8 Å². The minimum atomic E-state index is -0.893. The molecule has 2 aromatic carbocycles. The van der Waals surface area contributed by atoms with Gasteiger partial charge in [0.2, 0.25) is 0 Å². The maximum Gasteiger partial charge on any atom is 0.357 e. The first-order valence-corrected chi connectivity index (χ1v) is 19.7. The number of halogens is 1. The SMILES string of the molecule is CCOC1CCC2(C1)OC(=O)C(c1c(C)cc(C)cc1C)=C2O.CCOC1CCC2(C1)OC(=O)C(c1c(C)cc(C)cc1C)=C2OC(=S)OC.COC(=S)Cl. The summed E-state index contributed by atoms with van der Waals surface area (Å²) in [6, 6.07) is 8.16. The van der Waals surface area contributed by atoms with E-state index in [9.17, 15) is 14.7 Å². The Morgan fingerprint density at radius 1 is 0.745 bits per heavy atom. The topological polar surface area (TPSA) is 119 Å². The fourth-order valence-electron chi connectivity index (χ4n) is 8.35. The molecule has 2 spiro atoms. The summed E-state index contributed by atoms with van der Waals surface area (Å²) >= 11 is 14.4. The van der Waals surface area contributed by atoms with Crippen LogP contribution in [0.15, 0.2) is 35.8 Å². The van der Waals surface area contributed by atoms with E-state index in [-0.39, 0.29) is 33.7 Å². The summed E-state index contributed by atoms with van der Waals surface area (Å²) in [5.74, 6) is -0.262. The molecule has 300 valence electrons. The van der Waals surface area contributed by atoms with Crippen molar-refractivity contribution >= 4 is 68.9 Å². The van der Waals surface area contributed by atoms with Gasteiger partial charge in [-0.25, -0.2) is 9.59 Å². The summed E-state index contributed by atoms with van der Waals surface area (Å²) in [5.41, 5.74) is 6.93. The molecule has 13 heteroatoms. The Labute approximate surface area is 340 Å². The summed E-state index contributed by atoms with van der Waals surface area (Å²) in [6.45, 7) is 17.1. The van der Waals surface area contributed by atoms with Crippen molar-refractivity contribution in [2.75, 3.05) is 27.4 Å². The highest BCUT2D eigenvalue weighted by molar-refractivity contribution is 7.82. The zero-order chi connectivity index (χ0) is 40.8. The van der Waals surface area contributed by atoms with Crippen LogP contribution >= 0.6 is 36.0 Å². The highest BCUT2D eigenvalue weighted by atomic mass is 35.5. The molecule has 0 bridgehead atoms. The lowest BCUT2D eigenvalue weighted by atomic mass is 9.90. The fourth-order valence-corrected chi connectivity index (χ4v) is 8.43. The van der Waals surface area contributed by atoms with Crippen LogP contribution in [0.5, 0.6) is 0 Å². The lowest BCUT2D eigenvalue weighted by molar-refractivity contribution is -0.147. The van der Waals surface area contributed by atoms with Crippen LogP contribution in [0.25, 0.3) is 11.1 Å². The zero-order valence-corrected chi connectivity index (χ0v) is 35.8. The minimum Gasteiger partial charge on any atom is -0.507 e. The molecule has 2 saturated carbocycles. The third kappa shape index (κ3) is 9.71. The van der Waals surface area contributed by atoms with Crippen molar-refractivity contribution in [2.24, 2.45) is 0 Å². The molecule has 0 radical (unpaired) electrons. The van der Waals surface area contributed by atoms with Crippen molar-refractivity contribution in [3.05, 3.63) is 80.3 Å². The van der Waals surface area contributed by atoms with Crippen LogP contribution in [0, 0.1) is 41.5 Å². The third-order valence-electron chi connectivity index (χ3n) is 10.3. The number of aliphatic hydroxyl groups is 1. The highest BCUT2D eigenvalue weighted by Gasteiger charge is 2.56. The number of hydrogen-bond donors (Lipinski definition) is 1. The van der Waals surface area contributed by atoms with Crippen molar-refractivity contribution in [1.82, 2.24) is 0 Å². The molecule has 6 rings (SSSR count). The second-order valence-electron chi connectivity index (χ2n) is 14.4. The van der Waals surface area contributed by atoms with E-state index in [1.54, 1.807) is 0 Å². The summed E-state index contributed by atoms with van der Waals surface area (Å²) < 4.78 is 38.3. The summed E-state index contributed by atoms with van der Waals surface area (Å²) in [6.07, 6.45) is 4.00. The Bertz CT molecular complexity index is 1840. The first kappa shape index (κ1) is 44.2. The van der Waals surface area contributed by atoms with Gasteiger partial charge in [-0.1, -0.05) is 35.4 Å². The molecule has 2 fully saturated rings. The molecule has 55 heavy (non-hydrogen) atoms. The maximum atomic E-state index is 13.0. The first-order valence-electron chi connectivity index (χ1n) is 18.5. The van der Waals surface area contributed by atoms with Gasteiger partial charge in [0.25, 0.3) is 4.51 Å². The molecule has 10 nitrogen and oxygen atoms in total. The van der Waals surface area contributed by atoms with Gasteiger partial charge in [-0.05, 0) is 138 Å². The second-order valence-corrected chi connectivity index (χ2v) is 15.7. The number of benzene rings is 2. The fraction of sp³-hybridized carbons (Fsp3) is 0.524. The molecule has 0 saturated heterocycles.